The van der Waals surface area contributed by atoms with E-state index in [0.717, 1.165) is 16.6 Å². The first-order valence-electron chi connectivity index (χ1n) is 8.36. The average Bonchev–Trinajstić information content (AvgIpc) is 3.12. The van der Waals surface area contributed by atoms with E-state index in [4.69, 9.17) is 0 Å². The van der Waals surface area contributed by atoms with E-state index in [1.54, 1.807) is 23.3 Å². The van der Waals surface area contributed by atoms with Crippen molar-refractivity contribution in [2.75, 3.05) is 11.9 Å². The molecule has 3 heterocycles. The van der Waals surface area contributed by atoms with Gasteiger partial charge in [0.1, 0.15) is 12.1 Å². The summed E-state index contributed by atoms with van der Waals surface area (Å²) in [4.78, 5) is 12.7. The van der Waals surface area contributed by atoms with Crippen molar-refractivity contribution in [3.8, 4) is 5.69 Å². The molecule has 7 heteroatoms. The molecule has 0 aliphatic carbocycles. The molecule has 26 heavy (non-hydrogen) atoms. The number of aliphatic hydroxyl groups excluding tert-OH is 1. The lowest BCUT2D eigenvalue weighted by molar-refractivity contribution is 0.188. The van der Waals surface area contributed by atoms with Crippen molar-refractivity contribution >= 4 is 16.9 Å². The van der Waals surface area contributed by atoms with Crippen LogP contribution in [-0.2, 0) is 6.42 Å². The summed E-state index contributed by atoms with van der Waals surface area (Å²) in [7, 11) is 0. The van der Waals surface area contributed by atoms with Gasteiger partial charge in [0.2, 0.25) is 0 Å². The normalized spacial score (nSPS) is 12.2. The molecular formula is C19H18N6O. The maximum absolute atomic E-state index is 10.3. The highest BCUT2D eigenvalue weighted by Gasteiger charge is 2.12. The predicted molar refractivity (Wildman–Crippen MR) is 99.1 cm³/mol. The molecule has 0 aliphatic heterocycles. The predicted octanol–water partition coefficient (Wildman–Crippen LogP) is 2.23. The minimum Gasteiger partial charge on any atom is -0.391 e. The highest BCUT2D eigenvalue weighted by Crippen LogP contribution is 2.21. The number of pyridine rings is 1. The van der Waals surface area contributed by atoms with Crippen LogP contribution in [0.15, 0.2) is 67.4 Å². The fraction of sp³-hybridized carbons (Fsp3) is 0.158. The van der Waals surface area contributed by atoms with Gasteiger partial charge in [-0.05, 0) is 17.7 Å². The molecule has 2 N–H and O–H groups in total. The van der Waals surface area contributed by atoms with Crippen LogP contribution in [0.1, 0.15) is 5.56 Å². The van der Waals surface area contributed by atoms with Crippen LogP contribution in [0, 0.1) is 0 Å². The Hall–Kier alpha value is -3.32. The standard InChI is InChI=1S/C19H18N6O/c26-16(10-14-4-2-1-3-5-14)11-21-18-17-12-24-25(19(17)23-13-22-18)15-6-8-20-9-7-15/h1-9,12-13,16,26H,10-11H2,(H,21,22,23). The van der Waals surface area contributed by atoms with E-state index in [1.807, 2.05) is 42.5 Å². The topological polar surface area (TPSA) is 88.8 Å². The molecule has 0 amide bonds. The van der Waals surface area contributed by atoms with Gasteiger partial charge in [0, 0.05) is 25.4 Å². The number of hydrogen-bond donors (Lipinski definition) is 2. The number of rotatable bonds is 6. The maximum Gasteiger partial charge on any atom is 0.168 e. The van der Waals surface area contributed by atoms with Crippen molar-refractivity contribution in [3.05, 3.63) is 72.9 Å². The first-order chi connectivity index (χ1) is 12.8. The van der Waals surface area contributed by atoms with Crippen molar-refractivity contribution in [3.63, 3.8) is 0 Å². The first kappa shape index (κ1) is 16.2. The van der Waals surface area contributed by atoms with Gasteiger partial charge in [-0.3, -0.25) is 4.98 Å². The Morgan fingerprint density at radius 1 is 1.04 bits per heavy atom. The van der Waals surface area contributed by atoms with Crippen molar-refractivity contribution in [2.24, 2.45) is 0 Å². The molecule has 1 atom stereocenters. The highest BCUT2D eigenvalue weighted by atomic mass is 16.3. The van der Waals surface area contributed by atoms with Crippen LogP contribution < -0.4 is 5.32 Å². The van der Waals surface area contributed by atoms with E-state index >= 15 is 0 Å². The summed E-state index contributed by atoms with van der Waals surface area (Å²) < 4.78 is 1.74. The number of aromatic nitrogens is 5. The third-order valence-electron chi connectivity index (χ3n) is 4.09. The Balaban J connectivity index is 1.51. The van der Waals surface area contributed by atoms with Gasteiger partial charge in [0.25, 0.3) is 0 Å². The van der Waals surface area contributed by atoms with Gasteiger partial charge in [-0.1, -0.05) is 30.3 Å². The molecule has 0 aliphatic rings. The molecule has 0 saturated heterocycles. The number of nitrogens with zero attached hydrogens (tertiary/aromatic N) is 5. The molecule has 0 spiro atoms. The van der Waals surface area contributed by atoms with E-state index in [-0.39, 0.29) is 0 Å². The lowest BCUT2D eigenvalue weighted by Gasteiger charge is -2.12. The summed E-state index contributed by atoms with van der Waals surface area (Å²) in [5.74, 6) is 0.655. The SMILES string of the molecule is OC(CNc1ncnc2c1cnn2-c1ccncc1)Cc1ccccc1. The Morgan fingerprint density at radius 2 is 1.85 bits per heavy atom. The van der Waals surface area contributed by atoms with E-state index in [0.29, 0.717) is 24.4 Å². The second kappa shape index (κ2) is 7.28. The number of fused-ring (bicyclic) bond motifs is 1. The molecular weight excluding hydrogens is 328 g/mol. The molecule has 1 unspecified atom stereocenters. The number of aliphatic hydroxyl groups is 1. The lowest BCUT2D eigenvalue weighted by atomic mass is 10.1. The molecule has 130 valence electrons. The quantitative estimate of drug-likeness (QED) is 0.556. The van der Waals surface area contributed by atoms with Crippen LogP contribution in [0.2, 0.25) is 0 Å². The van der Waals surface area contributed by atoms with Crippen molar-refractivity contribution in [1.29, 1.82) is 0 Å². The Labute approximate surface area is 150 Å². The second-order valence-corrected chi connectivity index (χ2v) is 5.95. The largest absolute Gasteiger partial charge is 0.391 e. The molecule has 0 fully saturated rings. The van der Waals surface area contributed by atoms with Gasteiger partial charge in [0.15, 0.2) is 5.65 Å². The van der Waals surface area contributed by atoms with Gasteiger partial charge >= 0.3 is 0 Å². The van der Waals surface area contributed by atoms with Crippen LogP contribution in [0.5, 0.6) is 0 Å². The molecule has 0 bridgehead atoms. The zero-order valence-electron chi connectivity index (χ0n) is 14.0. The monoisotopic (exact) mass is 346 g/mol. The summed E-state index contributed by atoms with van der Waals surface area (Å²) in [5.41, 5.74) is 2.68. The zero-order valence-corrected chi connectivity index (χ0v) is 14.0. The average molecular weight is 346 g/mol. The number of hydrogen-bond acceptors (Lipinski definition) is 6. The fourth-order valence-corrected chi connectivity index (χ4v) is 2.83. The fourth-order valence-electron chi connectivity index (χ4n) is 2.83. The zero-order chi connectivity index (χ0) is 17.8. The molecule has 3 aromatic heterocycles. The maximum atomic E-state index is 10.3. The first-order valence-corrected chi connectivity index (χ1v) is 8.36. The van der Waals surface area contributed by atoms with E-state index < -0.39 is 6.10 Å². The number of nitrogens with one attached hydrogen (secondary N) is 1. The molecule has 7 nitrogen and oxygen atoms in total. The van der Waals surface area contributed by atoms with Crippen molar-refractivity contribution in [1.82, 2.24) is 24.7 Å². The van der Waals surface area contributed by atoms with Crippen LogP contribution in [0.3, 0.4) is 0 Å². The summed E-state index contributed by atoms with van der Waals surface area (Å²) in [6.45, 7) is 0.390. The van der Waals surface area contributed by atoms with Crippen molar-refractivity contribution in [2.45, 2.75) is 12.5 Å². The second-order valence-electron chi connectivity index (χ2n) is 5.95. The summed E-state index contributed by atoms with van der Waals surface area (Å²) in [6.07, 6.45) is 6.71. The van der Waals surface area contributed by atoms with Crippen molar-refractivity contribution < 1.29 is 5.11 Å². The summed E-state index contributed by atoms with van der Waals surface area (Å²) in [6, 6.07) is 13.6. The number of anilines is 1. The van der Waals surface area contributed by atoms with E-state index in [1.165, 1.54) is 6.33 Å². The molecule has 1 aromatic carbocycles. The van der Waals surface area contributed by atoms with Gasteiger partial charge in [0.05, 0.1) is 23.4 Å². The Morgan fingerprint density at radius 3 is 2.65 bits per heavy atom. The van der Waals surface area contributed by atoms with Crippen LogP contribution in [0.25, 0.3) is 16.7 Å². The Kier molecular flexibility index (Phi) is 4.53. The summed E-state index contributed by atoms with van der Waals surface area (Å²) in [5, 5.41) is 18.7. The minimum absolute atomic E-state index is 0.390. The van der Waals surface area contributed by atoms with Gasteiger partial charge < -0.3 is 10.4 Å². The Bertz CT molecular complexity index is 987. The molecule has 4 aromatic rings. The molecule has 0 saturated carbocycles. The van der Waals surface area contributed by atoms with Gasteiger partial charge in [-0.25, -0.2) is 14.6 Å². The molecule has 4 rings (SSSR count). The smallest absolute Gasteiger partial charge is 0.168 e. The minimum atomic E-state index is -0.516. The van der Waals surface area contributed by atoms with E-state index in [2.05, 4.69) is 25.4 Å². The summed E-state index contributed by atoms with van der Waals surface area (Å²) >= 11 is 0. The van der Waals surface area contributed by atoms with Gasteiger partial charge in [-0.15, -0.1) is 0 Å². The third-order valence-corrected chi connectivity index (χ3v) is 4.09. The number of benzene rings is 1. The van der Waals surface area contributed by atoms with Crippen LogP contribution in [-0.4, -0.2) is 42.5 Å². The van der Waals surface area contributed by atoms with E-state index in [9.17, 15) is 5.11 Å². The van der Waals surface area contributed by atoms with Crippen LogP contribution in [0.4, 0.5) is 5.82 Å². The lowest BCUT2D eigenvalue weighted by Crippen LogP contribution is -2.22. The molecule has 0 radical (unpaired) electrons. The van der Waals surface area contributed by atoms with Gasteiger partial charge in [-0.2, -0.15) is 5.10 Å². The highest BCUT2D eigenvalue weighted by molar-refractivity contribution is 5.87. The third kappa shape index (κ3) is 3.38. The van der Waals surface area contributed by atoms with Crippen LogP contribution >= 0.6 is 0 Å².